The van der Waals surface area contributed by atoms with Crippen LogP contribution >= 0.6 is 11.8 Å². The van der Waals surface area contributed by atoms with Crippen molar-refractivity contribution < 1.29 is 9.18 Å². The molecular weight excluding hydrogens is 337 g/mol. The zero-order valence-corrected chi connectivity index (χ0v) is 14.6. The summed E-state index contributed by atoms with van der Waals surface area (Å²) in [7, 11) is 1.95. The molecule has 0 bridgehead atoms. The monoisotopic (exact) mass is 355 g/mol. The number of imidazole rings is 1. The maximum atomic E-state index is 12.9. The van der Waals surface area contributed by atoms with Gasteiger partial charge in [0, 0.05) is 37.3 Å². The summed E-state index contributed by atoms with van der Waals surface area (Å²) >= 11 is 1.62. The van der Waals surface area contributed by atoms with Crippen molar-refractivity contribution in [2.75, 3.05) is 0 Å². The first-order chi connectivity index (χ1) is 12.1. The molecule has 0 aliphatic heterocycles. The molecule has 4 nitrogen and oxygen atoms in total. The molecule has 0 radical (unpaired) electrons. The number of carbonyl (C=O) groups is 1. The predicted molar refractivity (Wildman–Crippen MR) is 96.8 cm³/mol. The molecule has 1 N–H and O–H groups in total. The van der Waals surface area contributed by atoms with E-state index in [9.17, 15) is 9.18 Å². The van der Waals surface area contributed by atoms with Gasteiger partial charge in [-0.2, -0.15) is 0 Å². The van der Waals surface area contributed by atoms with Crippen molar-refractivity contribution >= 4 is 17.7 Å². The number of carbonyl (C=O) groups excluding carboxylic acids is 1. The molecule has 0 spiro atoms. The fourth-order valence-electron chi connectivity index (χ4n) is 2.33. The fraction of sp³-hybridized carbons (Fsp3) is 0.158. The zero-order valence-electron chi connectivity index (χ0n) is 13.8. The number of halogens is 1. The van der Waals surface area contributed by atoms with Gasteiger partial charge in [-0.3, -0.25) is 4.79 Å². The molecule has 0 aliphatic carbocycles. The van der Waals surface area contributed by atoms with E-state index in [1.54, 1.807) is 36.2 Å². The topological polar surface area (TPSA) is 46.9 Å². The van der Waals surface area contributed by atoms with E-state index in [2.05, 4.69) is 10.3 Å². The molecule has 3 rings (SSSR count). The average Bonchev–Trinajstić information content (AvgIpc) is 3.04. The van der Waals surface area contributed by atoms with Crippen molar-refractivity contribution in [2.45, 2.75) is 17.5 Å². The van der Waals surface area contributed by atoms with Crippen LogP contribution in [0.25, 0.3) is 0 Å². The number of hydrogen-bond donors (Lipinski definition) is 1. The minimum Gasteiger partial charge on any atom is -0.348 e. The lowest BCUT2D eigenvalue weighted by Crippen LogP contribution is -2.22. The van der Waals surface area contributed by atoms with Gasteiger partial charge in [-0.05, 0) is 35.4 Å². The maximum absolute atomic E-state index is 12.9. The number of nitrogens with zero attached hydrogens (tertiary/aromatic N) is 2. The molecule has 0 fully saturated rings. The molecule has 25 heavy (non-hydrogen) atoms. The van der Waals surface area contributed by atoms with Crippen molar-refractivity contribution in [3.63, 3.8) is 0 Å². The SMILES string of the molecule is Cn1ccnc1SCc1cccc(C(=O)NCc2ccc(F)cc2)c1. The lowest BCUT2D eigenvalue weighted by molar-refractivity contribution is 0.0951. The molecular formula is C19H18FN3OS. The molecule has 128 valence electrons. The Morgan fingerprint density at radius 3 is 2.72 bits per heavy atom. The summed E-state index contributed by atoms with van der Waals surface area (Å²) in [5.74, 6) is 0.311. The summed E-state index contributed by atoms with van der Waals surface area (Å²) in [5.41, 5.74) is 2.53. The highest BCUT2D eigenvalue weighted by molar-refractivity contribution is 7.98. The lowest BCUT2D eigenvalue weighted by atomic mass is 10.1. The predicted octanol–water partition coefficient (Wildman–Crippen LogP) is 3.78. The largest absolute Gasteiger partial charge is 0.348 e. The van der Waals surface area contributed by atoms with Crippen LogP contribution in [0.4, 0.5) is 4.39 Å². The second-order valence-electron chi connectivity index (χ2n) is 5.62. The first-order valence-corrected chi connectivity index (χ1v) is 8.82. The van der Waals surface area contributed by atoms with Gasteiger partial charge < -0.3 is 9.88 Å². The smallest absolute Gasteiger partial charge is 0.251 e. The van der Waals surface area contributed by atoms with Gasteiger partial charge >= 0.3 is 0 Å². The molecule has 1 amide bonds. The van der Waals surface area contributed by atoms with Crippen LogP contribution in [0.3, 0.4) is 0 Å². The number of amides is 1. The Kier molecular flexibility index (Phi) is 5.50. The number of aromatic nitrogens is 2. The quantitative estimate of drug-likeness (QED) is 0.685. The number of thioether (sulfide) groups is 1. The standard InChI is InChI=1S/C19H18FN3OS/c1-23-10-9-21-19(23)25-13-15-3-2-4-16(11-15)18(24)22-12-14-5-7-17(20)8-6-14/h2-11H,12-13H2,1H3,(H,22,24). The molecule has 1 heterocycles. The van der Waals surface area contributed by atoms with Gasteiger partial charge in [0.15, 0.2) is 5.16 Å². The van der Waals surface area contributed by atoms with E-state index < -0.39 is 0 Å². The summed E-state index contributed by atoms with van der Waals surface area (Å²) in [6.07, 6.45) is 3.67. The number of nitrogens with one attached hydrogen (secondary N) is 1. The lowest BCUT2D eigenvalue weighted by Gasteiger charge is -2.07. The third-order valence-electron chi connectivity index (χ3n) is 3.70. The summed E-state index contributed by atoms with van der Waals surface area (Å²) in [4.78, 5) is 16.6. The van der Waals surface area contributed by atoms with Crippen molar-refractivity contribution in [1.82, 2.24) is 14.9 Å². The first kappa shape index (κ1) is 17.2. The van der Waals surface area contributed by atoms with Crippen LogP contribution in [0.15, 0.2) is 66.1 Å². The summed E-state index contributed by atoms with van der Waals surface area (Å²) in [6.45, 7) is 0.366. The Morgan fingerprint density at radius 1 is 1.20 bits per heavy atom. The maximum Gasteiger partial charge on any atom is 0.251 e. The van der Waals surface area contributed by atoms with Crippen LogP contribution in [0.1, 0.15) is 21.5 Å². The third kappa shape index (κ3) is 4.70. The molecule has 0 unspecified atom stereocenters. The van der Waals surface area contributed by atoms with Crippen molar-refractivity contribution in [3.05, 3.63) is 83.4 Å². The summed E-state index contributed by atoms with van der Waals surface area (Å²) < 4.78 is 14.9. The van der Waals surface area contributed by atoms with E-state index in [1.165, 1.54) is 12.1 Å². The number of benzene rings is 2. The minimum absolute atomic E-state index is 0.145. The van der Waals surface area contributed by atoms with Gasteiger partial charge in [0.2, 0.25) is 0 Å². The third-order valence-corrected chi connectivity index (χ3v) is 4.83. The Labute approximate surface area is 150 Å². The van der Waals surface area contributed by atoms with Crippen LogP contribution in [0, 0.1) is 5.82 Å². The van der Waals surface area contributed by atoms with Crippen LogP contribution in [0.5, 0.6) is 0 Å². The average molecular weight is 355 g/mol. The number of hydrogen-bond acceptors (Lipinski definition) is 3. The van der Waals surface area contributed by atoms with E-state index in [0.29, 0.717) is 12.1 Å². The highest BCUT2D eigenvalue weighted by atomic mass is 32.2. The Morgan fingerprint density at radius 2 is 2.00 bits per heavy atom. The number of rotatable bonds is 6. The normalized spacial score (nSPS) is 10.6. The Bertz CT molecular complexity index is 861. The van der Waals surface area contributed by atoms with Crippen molar-refractivity contribution in [3.8, 4) is 0 Å². The van der Waals surface area contributed by atoms with E-state index in [4.69, 9.17) is 0 Å². The van der Waals surface area contributed by atoms with E-state index in [-0.39, 0.29) is 11.7 Å². The molecule has 2 aromatic carbocycles. The summed E-state index contributed by atoms with van der Waals surface area (Å²) in [5, 5.41) is 3.79. The van der Waals surface area contributed by atoms with Gasteiger partial charge in [0.25, 0.3) is 5.91 Å². The molecule has 0 saturated carbocycles. The molecule has 0 atom stereocenters. The highest BCUT2D eigenvalue weighted by Crippen LogP contribution is 2.21. The van der Waals surface area contributed by atoms with E-state index in [0.717, 1.165) is 22.0 Å². The van der Waals surface area contributed by atoms with Gasteiger partial charge in [0.1, 0.15) is 5.82 Å². The molecule has 6 heteroatoms. The van der Waals surface area contributed by atoms with Crippen LogP contribution in [0.2, 0.25) is 0 Å². The van der Waals surface area contributed by atoms with Gasteiger partial charge in [-0.15, -0.1) is 0 Å². The second-order valence-corrected chi connectivity index (χ2v) is 6.56. The highest BCUT2D eigenvalue weighted by Gasteiger charge is 2.07. The summed E-state index contributed by atoms with van der Waals surface area (Å²) in [6, 6.07) is 13.6. The second kappa shape index (κ2) is 7.98. The van der Waals surface area contributed by atoms with Crippen LogP contribution in [-0.4, -0.2) is 15.5 Å². The number of aryl methyl sites for hydroxylation is 1. The molecule has 0 saturated heterocycles. The van der Waals surface area contributed by atoms with Crippen molar-refractivity contribution in [1.29, 1.82) is 0 Å². The van der Waals surface area contributed by atoms with Gasteiger partial charge in [-0.25, -0.2) is 9.37 Å². The fourth-order valence-corrected chi connectivity index (χ4v) is 3.20. The first-order valence-electron chi connectivity index (χ1n) is 7.83. The van der Waals surface area contributed by atoms with Gasteiger partial charge in [-0.1, -0.05) is 36.0 Å². The van der Waals surface area contributed by atoms with E-state index >= 15 is 0 Å². The molecule has 1 aromatic heterocycles. The van der Waals surface area contributed by atoms with Crippen LogP contribution in [-0.2, 0) is 19.3 Å². The van der Waals surface area contributed by atoms with Gasteiger partial charge in [0.05, 0.1) is 0 Å². The zero-order chi connectivity index (χ0) is 17.6. The Balaban J connectivity index is 1.59. The Hall–Kier alpha value is -2.60. The minimum atomic E-state index is -0.284. The van der Waals surface area contributed by atoms with Crippen molar-refractivity contribution in [2.24, 2.45) is 7.05 Å². The molecule has 3 aromatic rings. The van der Waals surface area contributed by atoms with E-state index in [1.807, 2.05) is 36.0 Å². The van der Waals surface area contributed by atoms with Crippen LogP contribution < -0.4 is 5.32 Å². The molecule has 0 aliphatic rings.